The summed E-state index contributed by atoms with van der Waals surface area (Å²) in [6, 6.07) is 8.22. The monoisotopic (exact) mass is 254 g/mol. The molecular weight excluding hydrogens is 232 g/mol. The molecule has 1 aromatic rings. The van der Waals surface area contributed by atoms with E-state index in [9.17, 15) is 4.79 Å². The SMILES string of the molecule is O=C(C=C1CCCCC1)c1ccccc1C1CCC1. The third-order valence-corrected chi connectivity index (χ3v) is 4.60. The maximum Gasteiger partial charge on any atom is 0.186 e. The minimum absolute atomic E-state index is 0.236. The molecule has 1 nitrogen and oxygen atoms in total. The van der Waals surface area contributed by atoms with Crippen molar-refractivity contribution in [2.24, 2.45) is 0 Å². The molecule has 0 aliphatic heterocycles. The van der Waals surface area contributed by atoms with Crippen molar-refractivity contribution in [2.75, 3.05) is 0 Å². The Kier molecular flexibility index (Phi) is 3.82. The summed E-state index contributed by atoms with van der Waals surface area (Å²) in [5, 5.41) is 0. The van der Waals surface area contributed by atoms with Gasteiger partial charge in [0.15, 0.2) is 5.78 Å². The zero-order valence-corrected chi connectivity index (χ0v) is 11.5. The first kappa shape index (κ1) is 12.7. The van der Waals surface area contributed by atoms with Gasteiger partial charge in [0.25, 0.3) is 0 Å². The lowest BCUT2D eigenvalue weighted by molar-refractivity contribution is 0.104. The van der Waals surface area contributed by atoms with Crippen molar-refractivity contribution >= 4 is 5.78 Å². The largest absolute Gasteiger partial charge is 0.289 e. The molecule has 0 bridgehead atoms. The molecule has 0 radical (unpaired) electrons. The fraction of sp³-hybridized carbons (Fsp3) is 0.500. The van der Waals surface area contributed by atoms with Gasteiger partial charge in [0.1, 0.15) is 0 Å². The zero-order valence-electron chi connectivity index (χ0n) is 11.5. The van der Waals surface area contributed by atoms with E-state index in [0.29, 0.717) is 5.92 Å². The first-order valence-corrected chi connectivity index (χ1v) is 7.67. The molecule has 0 saturated heterocycles. The summed E-state index contributed by atoms with van der Waals surface area (Å²) >= 11 is 0. The van der Waals surface area contributed by atoms with Gasteiger partial charge in [0.05, 0.1) is 0 Å². The molecule has 0 heterocycles. The van der Waals surface area contributed by atoms with Crippen LogP contribution in [0.25, 0.3) is 0 Å². The Balaban J connectivity index is 1.82. The molecule has 100 valence electrons. The minimum atomic E-state index is 0.236. The second-order valence-corrected chi connectivity index (χ2v) is 5.94. The van der Waals surface area contributed by atoms with Gasteiger partial charge in [-0.1, -0.05) is 42.7 Å². The fourth-order valence-electron chi connectivity index (χ4n) is 3.21. The first-order valence-electron chi connectivity index (χ1n) is 7.67. The minimum Gasteiger partial charge on any atom is -0.289 e. The molecule has 0 atom stereocenters. The smallest absolute Gasteiger partial charge is 0.186 e. The van der Waals surface area contributed by atoms with Gasteiger partial charge in [-0.25, -0.2) is 0 Å². The molecule has 1 aromatic carbocycles. The Labute approximate surface area is 115 Å². The van der Waals surface area contributed by atoms with Gasteiger partial charge in [-0.3, -0.25) is 4.79 Å². The second-order valence-electron chi connectivity index (χ2n) is 5.94. The zero-order chi connectivity index (χ0) is 13.1. The number of rotatable bonds is 3. The van der Waals surface area contributed by atoms with Gasteiger partial charge in [0, 0.05) is 5.56 Å². The average molecular weight is 254 g/mol. The van der Waals surface area contributed by atoms with Crippen LogP contribution in [0.4, 0.5) is 0 Å². The van der Waals surface area contributed by atoms with Gasteiger partial charge < -0.3 is 0 Å². The van der Waals surface area contributed by atoms with E-state index in [0.717, 1.165) is 18.4 Å². The maximum absolute atomic E-state index is 12.5. The van der Waals surface area contributed by atoms with E-state index in [2.05, 4.69) is 12.1 Å². The summed E-state index contributed by atoms with van der Waals surface area (Å²) in [6.07, 6.45) is 11.8. The topological polar surface area (TPSA) is 17.1 Å². The highest BCUT2D eigenvalue weighted by molar-refractivity contribution is 6.06. The van der Waals surface area contributed by atoms with Crippen molar-refractivity contribution in [2.45, 2.75) is 57.3 Å². The van der Waals surface area contributed by atoms with Gasteiger partial charge in [0.2, 0.25) is 0 Å². The number of ketones is 1. The van der Waals surface area contributed by atoms with E-state index >= 15 is 0 Å². The fourth-order valence-corrected chi connectivity index (χ4v) is 3.21. The van der Waals surface area contributed by atoms with E-state index in [1.165, 1.54) is 49.7 Å². The molecular formula is C18H22O. The van der Waals surface area contributed by atoms with Crippen LogP contribution in [0.15, 0.2) is 35.9 Å². The number of hydrogen-bond acceptors (Lipinski definition) is 1. The standard InChI is InChI=1S/C18H22O/c19-18(13-14-7-2-1-3-8-14)17-12-5-4-11-16(17)15-9-6-10-15/h4-5,11-13,15H,1-3,6-10H2. The van der Waals surface area contributed by atoms with Crippen LogP contribution >= 0.6 is 0 Å². The highest BCUT2D eigenvalue weighted by Gasteiger charge is 2.23. The molecule has 0 unspecified atom stereocenters. The van der Waals surface area contributed by atoms with Crippen molar-refractivity contribution < 1.29 is 4.79 Å². The molecule has 0 amide bonds. The van der Waals surface area contributed by atoms with Crippen LogP contribution < -0.4 is 0 Å². The number of carbonyl (C=O) groups is 1. The van der Waals surface area contributed by atoms with E-state index < -0.39 is 0 Å². The molecule has 0 spiro atoms. The predicted octanol–water partition coefficient (Wildman–Crippen LogP) is 5.03. The van der Waals surface area contributed by atoms with E-state index in [4.69, 9.17) is 0 Å². The van der Waals surface area contributed by atoms with Crippen LogP contribution in [0.3, 0.4) is 0 Å². The lowest BCUT2D eigenvalue weighted by Gasteiger charge is -2.27. The van der Waals surface area contributed by atoms with Crippen molar-refractivity contribution in [1.29, 1.82) is 0 Å². The summed E-state index contributed by atoms with van der Waals surface area (Å²) in [7, 11) is 0. The molecule has 19 heavy (non-hydrogen) atoms. The second kappa shape index (κ2) is 5.73. The lowest BCUT2D eigenvalue weighted by atomic mass is 9.77. The number of hydrogen-bond donors (Lipinski definition) is 0. The number of carbonyl (C=O) groups excluding carboxylic acids is 1. The van der Waals surface area contributed by atoms with Gasteiger partial charge in [-0.15, -0.1) is 0 Å². The lowest BCUT2D eigenvalue weighted by Crippen LogP contribution is -2.13. The van der Waals surface area contributed by atoms with E-state index in [1.54, 1.807) is 0 Å². The van der Waals surface area contributed by atoms with Crippen LogP contribution in [-0.2, 0) is 0 Å². The first-order chi connectivity index (χ1) is 9.34. The number of benzene rings is 1. The average Bonchev–Trinajstić information content (AvgIpc) is 2.38. The quantitative estimate of drug-likeness (QED) is 0.546. The third-order valence-electron chi connectivity index (χ3n) is 4.60. The van der Waals surface area contributed by atoms with Crippen LogP contribution in [0.1, 0.15) is 73.2 Å². The van der Waals surface area contributed by atoms with Gasteiger partial charge in [-0.05, 0) is 56.1 Å². The van der Waals surface area contributed by atoms with Crippen molar-refractivity contribution in [3.63, 3.8) is 0 Å². The van der Waals surface area contributed by atoms with E-state index in [1.807, 2.05) is 18.2 Å². The molecule has 0 aromatic heterocycles. The molecule has 0 N–H and O–H groups in total. The highest BCUT2D eigenvalue weighted by Crippen LogP contribution is 2.38. The van der Waals surface area contributed by atoms with Crippen LogP contribution in [0.2, 0.25) is 0 Å². The van der Waals surface area contributed by atoms with Crippen molar-refractivity contribution in [3.8, 4) is 0 Å². The van der Waals surface area contributed by atoms with E-state index in [-0.39, 0.29) is 5.78 Å². The molecule has 2 aliphatic carbocycles. The van der Waals surface area contributed by atoms with Crippen LogP contribution in [0, 0.1) is 0 Å². The maximum atomic E-state index is 12.5. The molecule has 2 fully saturated rings. The van der Waals surface area contributed by atoms with Crippen LogP contribution in [-0.4, -0.2) is 5.78 Å². The summed E-state index contributed by atoms with van der Waals surface area (Å²) < 4.78 is 0. The predicted molar refractivity (Wildman–Crippen MR) is 78.5 cm³/mol. The Bertz CT molecular complexity index is 486. The van der Waals surface area contributed by atoms with Gasteiger partial charge >= 0.3 is 0 Å². The molecule has 2 saturated carbocycles. The molecule has 1 heteroatoms. The summed E-state index contributed by atoms with van der Waals surface area (Å²) in [6.45, 7) is 0. The highest BCUT2D eigenvalue weighted by atomic mass is 16.1. The van der Waals surface area contributed by atoms with Crippen molar-refractivity contribution in [1.82, 2.24) is 0 Å². The van der Waals surface area contributed by atoms with Crippen molar-refractivity contribution in [3.05, 3.63) is 47.0 Å². The van der Waals surface area contributed by atoms with Gasteiger partial charge in [-0.2, -0.15) is 0 Å². The number of allylic oxidation sites excluding steroid dienone is 2. The Morgan fingerprint density at radius 2 is 1.74 bits per heavy atom. The normalized spacial score (nSPS) is 19.9. The summed E-state index contributed by atoms with van der Waals surface area (Å²) in [5.74, 6) is 0.865. The molecule has 3 rings (SSSR count). The van der Waals surface area contributed by atoms with Crippen LogP contribution in [0.5, 0.6) is 0 Å². The Morgan fingerprint density at radius 3 is 2.42 bits per heavy atom. The summed E-state index contributed by atoms with van der Waals surface area (Å²) in [4.78, 5) is 12.5. The summed E-state index contributed by atoms with van der Waals surface area (Å²) in [5.41, 5.74) is 3.59. The Hall–Kier alpha value is -1.37. The molecule has 2 aliphatic rings. The third kappa shape index (κ3) is 2.80. The Morgan fingerprint density at radius 1 is 1.00 bits per heavy atom.